The molecule has 1 saturated carbocycles. The largest absolute Gasteiger partial charge is 0.508 e. The van der Waals surface area contributed by atoms with Gasteiger partial charge in [-0.1, -0.05) is 119 Å². The summed E-state index contributed by atoms with van der Waals surface area (Å²) in [5.41, 5.74) is 34.7. The number of phenols is 1. The van der Waals surface area contributed by atoms with Gasteiger partial charge in [-0.15, -0.1) is 0 Å². The van der Waals surface area contributed by atoms with Gasteiger partial charge in [0.05, 0.1) is 25.5 Å². The molecule has 0 radical (unpaired) electrons. The Morgan fingerprint density at radius 2 is 0.967 bits per heavy atom. The average Bonchev–Trinajstić information content (AvgIpc) is 1.60. The molecule has 0 aromatic heterocycles. The summed E-state index contributed by atoms with van der Waals surface area (Å²) < 4.78 is 0. The maximum atomic E-state index is 14.3. The molecule has 0 bridgehead atoms. The van der Waals surface area contributed by atoms with Crippen LogP contribution in [0, 0.1) is 11.8 Å². The molecule has 1 fully saturated rings. The fourth-order valence-corrected chi connectivity index (χ4v) is 10.00. The molecule has 0 saturated heterocycles. The van der Waals surface area contributed by atoms with Crippen LogP contribution < -0.4 is 87.4 Å². The number of urea groups is 1. The second kappa shape index (κ2) is 38.6. The number of guanidine groups is 1. The van der Waals surface area contributed by atoms with Gasteiger partial charge in [0, 0.05) is 26.4 Å². The van der Waals surface area contributed by atoms with E-state index >= 15 is 0 Å². The maximum absolute atomic E-state index is 14.3. The number of carbonyl (C=O) groups is 12. The maximum Gasteiger partial charge on any atom is 0.334 e. The zero-order valence-corrected chi connectivity index (χ0v) is 51.9. The monoisotopic (exact) mass is 1280 g/mol. The number of aromatic hydroxyl groups is 1. The summed E-state index contributed by atoms with van der Waals surface area (Å²) in [7, 11) is 1.47. The standard InChI is InChI=1S/C61H89N17O14/c1-34(2)26-43(54(86)69-41(20-13-25-68-60(66)67-3)53(85)70-42(51(65)83)28-35-14-7-4-8-15-35)76-61(92)78-77-59(91)45(30-37-18-11-6-12-19-37)73-58(90)48(33-79)75-57(89)47(32-50(64)82)74-55(87)44(29-36-16-9-5-10-17-36)72-56(88)46(31-49(63)81)71-52(84)40(62)27-38-21-23-39(80)24-22-38/h4,6-8,11-12,14-15,18-19,21-24,34,36,40-48,79-80H,5,9-10,13,16-17,20,25-33,62H2,1-3H3,(H2,63,81)(H2,64,82)(H2,65,83)(H,69,86)(H,70,85)(H,71,84)(H,72,88)(H,73,90)(H,74,87)(H,75,89)(H,77,91)(H3,66,67,68)(H2,76,78,92)/t40-,41+,42+,43+,44+,45+,46-,47+,48+/m1/s1. The number of rotatable bonds is 36. The van der Waals surface area contributed by atoms with Gasteiger partial charge in [0.2, 0.25) is 59.1 Å². The first-order valence-corrected chi connectivity index (χ1v) is 30.3. The van der Waals surface area contributed by atoms with Crippen LogP contribution in [0.1, 0.15) is 101 Å². The molecule has 0 spiro atoms. The predicted octanol–water partition coefficient (Wildman–Crippen LogP) is -3.60. The molecule has 13 amide bonds. The fraction of sp³-hybridized carbons (Fsp3) is 0.492. The summed E-state index contributed by atoms with van der Waals surface area (Å²) in [6, 6.07) is 8.39. The number of nitrogens with zero attached hydrogens (tertiary/aromatic N) is 1. The molecule has 9 atom stereocenters. The van der Waals surface area contributed by atoms with E-state index in [0.717, 1.165) is 19.3 Å². The Bertz CT molecular complexity index is 3010. The Kier molecular flexibility index (Phi) is 31.3. The van der Waals surface area contributed by atoms with Crippen LogP contribution in [0.25, 0.3) is 0 Å². The van der Waals surface area contributed by atoms with Crippen LogP contribution in [0.2, 0.25) is 0 Å². The molecule has 0 unspecified atom stereocenters. The fourth-order valence-electron chi connectivity index (χ4n) is 10.00. The van der Waals surface area contributed by atoms with Gasteiger partial charge in [0.15, 0.2) is 5.96 Å². The number of amides is 13. The molecule has 1 aliphatic carbocycles. The first kappa shape index (κ1) is 74.6. The van der Waals surface area contributed by atoms with Crippen molar-refractivity contribution >= 4 is 77.0 Å². The zero-order valence-electron chi connectivity index (χ0n) is 51.9. The third-order valence-electron chi connectivity index (χ3n) is 14.9. The topological polar surface area (TPSA) is 520 Å². The minimum atomic E-state index is -1.88. The van der Waals surface area contributed by atoms with E-state index in [1.165, 1.54) is 31.3 Å². The Labute approximate surface area is 532 Å². The normalized spacial score (nSPS) is 15.3. The van der Waals surface area contributed by atoms with Gasteiger partial charge >= 0.3 is 6.03 Å². The highest BCUT2D eigenvalue weighted by atomic mass is 16.3. The van der Waals surface area contributed by atoms with Gasteiger partial charge in [-0.3, -0.25) is 63.2 Å². The van der Waals surface area contributed by atoms with Crippen LogP contribution in [0.4, 0.5) is 4.79 Å². The molecule has 0 aliphatic heterocycles. The van der Waals surface area contributed by atoms with Gasteiger partial charge < -0.3 is 86.7 Å². The molecular formula is C61H89N17O14. The summed E-state index contributed by atoms with van der Waals surface area (Å²) >= 11 is 0. The lowest BCUT2D eigenvalue weighted by Gasteiger charge is -2.29. The quantitative estimate of drug-likeness (QED) is 0.0116. The molecule has 4 rings (SSSR count). The minimum Gasteiger partial charge on any atom is -0.508 e. The number of primary amides is 3. The number of aliphatic imine (C=N–C) groups is 1. The number of aliphatic hydroxyl groups excluding tert-OH is 1. The second-order valence-electron chi connectivity index (χ2n) is 22.9. The lowest BCUT2D eigenvalue weighted by molar-refractivity contribution is -0.137. The van der Waals surface area contributed by atoms with Crippen molar-refractivity contribution in [2.24, 2.45) is 45.5 Å². The van der Waals surface area contributed by atoms with Crippen molar-refractivity contribution in [2.45, 2.75) is 158 Å². The van der Waals surface area contributed by atoms with E-state index in [-0.39, 0.29) is 75.0 Å². The minimum absolute atomic E-state index is 0.000165. The smallest absolute Gasteiger partial charge is 0.334 e. The highest BCUT2D eigenvalue weighted by molar-refractivity contribution is 5.99. The van der Waals surface area contributed by atoms with Crippen molar-refractivity contribution in [2.75, 3.05) is 20.2 Å². The van der Waals surface area contributed by atoms with Crippen molar-refractivity contribution in [3.05, 3.63) is 102 Å². The summed E-state index contributed by atoms with van der Waals surface area (Å²) in [5, 5.41) is 42.9. The van der Waals surface area contributed by atoms with Crippen molar-refractivity contribution in [1.29, 1.82) is 0 Å². The van der Waals surface area contributed by atoms with E-state index < -0.39 is 145 Å². The molecular weight excluding hydrogens is 1190 g/mol. The number of hydrogen-bond donors (Lipinski definition) is 18. The van der Waals surface area contributed by atoms with Crippen LogP contribution in [0.15, 0.2) is 89.9 Å². The predicted molar refractivity (Wildman–Crippen MR) is 337 cm³/mol. The molecule has 502 valence electrons. The van der Waals surface area contributed by atoms with Crippen LogP contribution >= 0.6 is 0 Å². The van der Waals surface area contributed by atoms with E-state index in [9.17, 15) is 67.7 Å². The van der Waals surface area contributed by atoms with E-state index in [2.05, 4.69) is 63.7 Å². The second-order valence-corrected chi connectivity index (χ2v) is 22.9. The van der Waals surface area contributed by atoms with Crippen LogP contribution in [-0.2, 0) is 72.0 Å². The first-order chi connectivity index (χ1) is 43.7. The van der Waals surface area contributed by atoms with Crippen molar-refractivity contribution in [1.82, 2.24) is 58.7 Å². The van der Waals surface area contributed by atoms with E-state index in [1.54, 1.807) is 74.5 Å². The Morgan fingerprint density at radius 3 is 1.50 bits per heavy atom. The summed E-state index contributed by atoms with van der Waals surface area (Å²) in [6.07, 6.45) is 2.36. The van der Waals surface area contributed by atoms with E-state index in [4.69, 9.17) is 28.7 Å². The number of nitrogens with one attached hydrogen (secondary N) is 11. The Morgan fingerprint density at radius 1 is 0.511 bits per heavy atom. The van der Waals surface area contributed by atoms with Crippen molar-refractivity contribution < 1.29 is 67.7 Å². The highest BCUT2D eigenvalue weighted by Gasteiger charge is 2.36. The van der Waals surface area contributed by atoms with Crippen LogP contribution in [0.5, 0.6) is 5.75 Å². The van der Waals surface area contributed by atoms with Gasteiger partial charge in [-0.2, -0.15) is 0 Å². The van der Waals surface area contributed by atoms with Crippen LogP contribution in [0.3, 0.4) is 0 Å². The summed E-state index contributed by atoms with van der Waals surface area (Å²) in [4.78, 5) is 166. The number of phenolic OH excluding ortho intramolecular Hbond substituents is 1. The lowest BCUT2D eigenvalue weighted by Crippen LogP contribution is -2.62. The zero-order chi connectivity index (χ0) is 67.9. The van der Waals surface area contributed by atoms with Gasteiger partial charge in [-0.05, 0) is 72.8 Å². The summed E-state index contributed by atoms with van der Waals surface area (Å²) in [6.45, 7) is 2.66. The molecule has 92 heavy (non-hydrogen) atoms. The number of aliphatic hydroxyl groups is 1. The highest BCUT2D eigenvalue weighted by Crippen LogP contribution is 2.28. The van der Waals surface area contributed by atoms with Gasteiger partial charge in [0.25, 0.3) is 5.91 Å². The Hall–Kier alpha value is -9.91. The third-order valence-corrected chi connectivity index (χ3v) is 14.9. The number of hydrazine groups is 1. The SMILES string of the molecule is CN=C(N)NCCC[C@H](NC(=O)[C@H](CC(C)C)NC(=O)NNC(=O)[C@H](Cc1ccccc1)NC(=O)[C@H](CO)NC(=O)[C@H](CC(N)=O)NC(=O)[C@H](CC1CCCCC1)NC(=O)[C@@H](CC(N)=O)NC(=O)[C@H](N)Cc1ccc(O)cc1)C(=O)N[C@@H](Cc1ccccc1)C(N)=O. The lowest BCUT2D eigenvalue weighted by atomic mass is 9.84. The van der Waals surface area contributed by atoms with Crippen LogP contribution in [-0.4, -0.2) is 162 Å². The molecule has 31 heteroatoms. The number of benzene rings is 3. The molecule has 3 aromatic carbocycles. The number of carbonyl (C=O) groups excluding carboxylic acids is 12. The van der Waals surface area contributed by atoms with E-state index in [0.29, 0.717) is 29.5 Å². The molecule has 0 heterocycles. The number of nitrogens with two attached hydrogens (primary N) is 5. The third kappa shape index (κ3) is 27.1. The van der Waals surface area contributed by atoms with Crippen molar-refractivity contribution in [3.63, 3.8) is 0 Å². The van der Waals surface area contributed by atoms with Crippen molar-refractivity contribution in [3.8, 4) is 5.75 Å². The Balaban J connectivity index is 1.49. The average molecular weight is 1280 g/mol. The molecule has 1 aliphatic rings. The summed E-state index contributed by atoms with van der Waals surface area (Å²) in [5.74, 6) is -11.0. The molecule has 31 nitrogen and oxygen atoms in total. The van der Waals surface area contributed by atoms with Gasteiger partial charge in [-0.25, -0.2) is 10.2 Å². The molecule has 23 N–H and O–H groups in total. The number of hydrogen-bond acceptors (Lipinski definition) is 16. The van der Waals surface area contributed by atoms with Gasteiger partial charge in [0.1, 0.15) is 54.1 Å². The van der Waals surface area contributed by atoms with E-state index in [1.807, 2.05) is 0 Å². The molecule has 3 aromatic rings. The first-order valence-electron chi connectivity index (χ1n) is 30.3.